The molecule has 0 radical (unpaired) electrons. The van der Waals surface area contributed by atoms with Crippen LogP contribution >= 0.6 is 0 Å². The van der Waals surface area contributed by atoms with Crippen LogP contribution in [-0.2, 0) is 6.42 Å². The van der Waals surface area contributed by atoms with Gasteiger partial charge in [-0.1, -0.05) is 12.1 Å². The molecule has 1 aliphatic rings. The van der Waals surface area contributed by atoms with Gasteiger partial charge < -0.3 is 15.4 Å². The van der Waals surface area contributed by atoms with Gasteiger partial charge in [0.1, 0.15) is 5.75 Å². The summed E-state index contributed by atoms with van der Waals surface area (Å²) in [4.78, 5) is 4.97. The zero-order valence-corrected chi connectivity index (χ0v) is 13.8. The third-order valence-corrected chi connectivity index (χ3v) is 4.71. The highest BCUT2D eigenvalue weighted by Crippen LogP contribution is 2.25. The molecule has 1 aromatic rings. The fourth-order valence-corrected chi connectivity index (χ4v) is 3.42. The molecular formula is C17H29N3O. The summed E-state index contributed by atoms with van der Waals surface area (Å²) < 4.78 is 5.23. The van der Waals surface area contributed by atoms with Gasteiger partial charge in [-0.2, -0.15) is 0 Å². The molecule has 4 nitrogen and oxygen atoms in total. The lowest BCUT2D eigenvalue weighted by Gasteiger charge is -2.49. The van der Waals surface area contributed by atoms with Crippen molar-refractivity contribution in [3.63, 3.8) is 0 Å². The monoisotopic (exact) mass is 291 g/mol. The topological polar surface area (TPSA) is 41.7 Å². The first-order valence-corrected chi connectivity index (χ1v) is 7.77. The molecule has 118 valence electrons. The summed E-state index contributed by atoms with van der Waals surface area (Å²) in [6.45, 7) is 8.58. The smallest absolute Gasteiger partial charge is 0.118 e. The molecule has 1 heterocycles. The molecule has 2 unspecified atom stereocenters. The molecule has 0 aromatic heterocycles. The second-order valence-corrected chi connectivity index (χ2v) is 6.53. The lowest BCUT2D eigenvalue weighted by molar-refractivity contribution is 0.0128. The first-order chi connectivity index (χ1) is 9.98. The Morgan fingerprint density at radius 3 is 2.48 bits per heavy atom. The summed E-state index contributed by atoms with van der Waals surface area (Å²) >= 11 is 0. The van der Waals surface area contributed by atoms with Gasteiger partial charge in [0.05, 0.1) is 7.11 Å². The van der Waals surface area contributed by atoms with Crippen LogP contribution < -0.4 is 10.5 Å². The summed E-state index contributed by atoms with van der Waals surface area (Å²) in [5, 5.41) is 0. The van der Waals surface area contributed by atoms with Crippen LogP contribution in [0.3, 0.4) is 0 Å². The van der Waals surface area contributed by atoms with Gasteiger partial charge in [0, 0.05) is 37.8 Å². The van der Waals surface area contributed by atoms with Crippen molar-refractivity contribution in [2.24, 2.45) is 5.73 Å². The molecule has 1 saturated heterocycles. The second-order valence-electron chi connectivity index (χ2n) is 6.53. The van der Waals surface area contributed by atoms with E-state index in [1.54, 1.807) is 7.11 Å². The largest absolute Gasteiger partial charge is 0.497 e. The molecule has 0 spiro atoms. The number of rotatable bonds is 5. The first kappa shape index (κ1) is 16.3. The van der Waals surface area contributed by atoms with Crippen molar-refractivity contribution in [3.05, 3.63) is 29.8 Å². The van der Waals surface area contributed by atoms with Gasteiger partial charge in [0.25, 0.3) is 0 Å². The standard InChI is InChI=1S/C17H29N3O/c1-14-12-19(3)9-10-20(14)17(2,13-18)11-15-5-7-16(21-4)8-6-15/h5-8,14H,9-13,18H2,1-4H3. The van der Waals surface area contributed by atoms with Gasteiger partial charge in [-0.05, 0) is 45.0 Å². The molecule has 0 aliphatic carbocycles. The predicted octanol–water partition coefficient (Wildman–Crippen LogP) is 1.59. The van der Waals surface area contributed by atoms with Gasteiger partial charge in [-0.15, -0.1) is 0 Å². The van der Waals surface area contributed by atoms with E-state index >= 15 is 0 Å². The van der Waals surface area contributed by atoms with Crippen LogP contribution in [0.15, 0.2) is 24.3 Å². The number of methoxy groups -OCH3 is 1. The summed E-state index contributed by atoms with van der Waals surface area (Å²) in [6.07, 6.45) is 0.974. The van der Waals surface area contributed by atoms with Crippen LogP contribution in [0, 0.1) is 0 Å². The Morgan fingerprint density at radius 1 is 1.29 bits per heavy atom. The second kappa shape index (κ2) is 6.77. The minimum Gasteiger partial charge on any atom is -0.497 e. The van der Waals surface area contributed by atoms with Crippen LogP contribution in [0.25, 0.3) is 0 Å². The van der Waals surface area contributed by atoms with Gasteiger partial charge in [0.15, 0.2) is 0 Å². The van der Waals surface area contributed by atoms with Crippen molar-refractivity contribution in [3.8, 4) is 5.75 Å². The molecule has 2 atom stereocenters. The summed E-state index contributed by atoms with van der Waals surface area (Å²) in [7, 11) is 3.89. The summed E-state index contributed by atoms with van der Waals surface area (Å²) in [5.41, 5.74) is 7.48. The van der Waals surface area contributed by atoms with E-state index in [1.807, 2.05) is 12.1 Å². The van der Waals surface area contributed by atoms with Crippen molar-refractivity contribution in [2.75, 3.05) is 40.3 Å². The van der Waals surface area contributed by atoms with Crippen LogP contribution in [0.4, 0.5) is 0 Å². The number of nitrogens with two attached hydrogens (primary N) is 1. The van der Waals surface area contributed by atoms with E-state index in [9.17, 15) is 0 Å². The number of piperazine rings is 1. The zero-order valence-electron chi connectivity index (χ0n) is 13.8. The number of ether oxygens (including phenoxy) is 1. The van der Waals surface area contributed by atoms with Gasteiger partial charge >= 0.3 is 0 Å². The number of hydrogen-bond acceptors (Lipinski definition) is 4. The van der Waals surface area contributed by atoms with Crippen molar-refractivity contribution in [1.82, 2.24) is 9.80 Å². The molecule has 2 N–H and O–H groups in total. The van der Waals surface area contributed by atoms with Crippen molar-refractivity contribution < 1.29 is 4.74 Å². The normalized spacial score (nSPS) is 23.8. The lowest BCUT2D eigenvalue weighted by Crippen LogP contribution is -2.62. The number of nitrogens with zero attached hydrogens (tertiary/aromatic N) is 2. The third-order valence-electron chi connectivity index (χ3n) is 4.71. The van der Waals surface area contributed by atoms with E-state index in [0.29, 0.717) is 12.6 Å². The van der Waals surface area contributed by atoms with Crippen LogP contribution in [0.1, 0.15) is 19.4 Å². The Morgan fingerprint density at radius 2 is 1.95 bits per heavy atom. The Bertz CT molecular complexity index is 448. The molecule has 4 heteroatoms. The molecule has 2 rings (SSSR count). The number of hydrogen-bond donors (Lipinski definition) is 1. The van der Waals surface area contributed by atoms with E-state index in [-0.39, 0.29) is 5.54 Å². The van der Waals surface area contributed by atoms with Crippen molar-refractivity contribution >= 4 is 0 Å². The van der Waals surface area contributed by atoms with Gasteiger partial charge in [-0.3, -0.25) is 4.90 Å². The number of benzene rings is 1. The van der Waals surface area contributed by atoms with E-state index in [4.69, 9.17) is 10.5 Å². The van der Waals surface area contributed by atoms with Crippen LogP contribution in [0.5, 0.6) is 5.75 Å². The van der Waals surface area contributed by atoms with E-state index in [2.05, 4.69) is 42.8 Å². The first-order valence-electron chi connectivity index (χ1n) is 7.77. The summed E-state index contributed by atoms with van der Waals surface area (Å²) in [5.74, 6) is 0.904. The van der Waals surface area contributed by atoms with E-state index in [1.165, 1.54) is 5.56 Å². The highest BCUT2D eigenvalue weighted by molar-refractivity contribution is 5.28. The van der Waals surface area contributed by atoms with Gasteiger partial charge in [-0.25, -0.2) is 0 Å². The SMILES string of the molecule is COc1ccc(CC(C)(CN)N2CCN(C)CC2C)cc1. The van der Waals surface area contributed by atoms with Crippen LogP contribution in [0.2, 0.25) is 0 Å². The highest BCUT2D eigenvalue weighted by Gasteiger charge is 2.36. The maximum atomic E-state index is 6.16. The summed E-state index contributed by atoms with van der Waals surface area (Å²) in [6, 6.07) is 8.89. The van der Waals surface area contributed by atoms with E-state index in [0.717, 1.165) is 31.8 Å². The zero-order chi connectivity index (χ0) is 15.5. The maximum Gasteiger partial charge on any atom is 0.118 e. The molecule has 0 saturated carbocycles. The fourth-order valence-electron chi connectivity index (χ4n) is 3.42. The minimum atomic E-state index is 0.00919. The van der Waals surface area contributed by atoms with Gasteiger partial charge in [0.2, 0.25) is 0 Å². The fraction of sp³-hybridized carbons (Fsp3) is 0.647. The van der Waals surface area contributed by atoms with Crippen LogP contribution in [-0.4, -0.2) is 61.7 Å². The third kappa shape index (κ3) is 3.76. The lowest BCUT2D eigenvalue weighted by atomic mass is 9.88. The molecule has 21 heavy (non-hydrogen) atoms. The van der Waals surface area contributed by atoms with Crippen molar-refractivity contribution in [2.45, 2.75) is 31.8 Å². The molecule has 1 fully saturated rings. The Balaban J connectivity index is 2.12. The molecule has 1 aromatic carbocycles. The Labute approximate surface area is 128 Å². The Kier molecular flexibility index (Phi) is 5.25. The maximum absolute atomic E-state index is 6.16. The molecule has 0 amide bonds. The molecule has 1 aliphatic heterocycles. The van der Waals surface area contributed by atoms with E-state index < -0.39 is 0 Å². The average Bonchev–Trinajstić information content (AvgIpc) is 2.47. The Hall–Kier alpha value is -1.10. The minimum absolute atomic E-state index is 0.00919. The molecule has 0 bridgehead atoms. The predicted molar refractivity (Wildman–Crippen MR) is 87.8 cm³/mol. The highest BCUT2D eigenvalue weighted by atomic mass is 16.5. The molecular weight excluding hydrogens is 262 g/mol. The number of likely N-dealkylation sites (N-methyl/N-ethyl adjacent to an activating group) is 1. The quantitative estimate of drug-likeness (QED) is 0.894. The van der Waals surface area contributed by atoms with Crippen molar-refractivity contribution in [1.29, 1.82) is 0 Å². The average molecular weight is 291 g/mol.